The molecule has 0 aliphatic heterocycles. The Morgan fingerprint density at radius 1 is 1.05 bits per heavy atom. The van der Waals surface area contributed by atoms with E-state index in [0.717, 1.165) is 27.0 Å². The minimum atomic E-state index is 0.472. The Morgan fingerprint density at radius 2 is 1.80 bits per heavy atom. The lowest BCUT2D eigenvalue weighted by Gasteiger charge is -2.12. The predicted molar refractivity (Wildman–Crippen MR) is 90.3 cm³/mol. The Bertz CT molecular complexity index is 584. The van der Waals surface area contributed by atoms with Crippen LogP contribution in [0.2, 0.25) is 0 Å². The van der Waals surface area contributed by atoms with Crippen LogP contribution in [0.5, 0.6) is 11.5 Å². The fourth-order valence-corrected chi connectivity index (χ4v) is 2.59. The molecule has 0 radical (unpaired) electrons. The van der Waals surface area contributed by atoms with Gasteiger partial charge >= 0.3 is 0 Å². The first-order chi connectivity index (χ1) is 9.54. The van der Waals surface area contributed by atoms with Gasteiger partial charge in [0.2, 0.25) is 0 Å². The van der Waals surface area contributed by atoms with Crippen LogP contribution in [-0.4, -0.2) is 6.04 Å². The fourth-order valence-electron chi connectivity index (χ4n) is 1.72. The Morgan fingerprint density at radius 3 is 2.45 bits per heavy atom. The summed E-state index contributed by atoms with van der Waals surface area (Å²) in [5.41, 5.74) is 1.22. The third-order valence-electron chi connectivity index (χ3n) is 2.76. The largest absolute Gasteiger partial charge is 0.457 e. The van der Waals surface area contributed by atoms with Crippen LogP contribution in [0.1, 0.15) is 19.4 Å². The SMILES string of the molecule is CC(C)NCc1ccc(Oc2cccc(Br)c2)cc1Br. The highest BCUT2D eigenvalue weighted by Gasteiger charge is 2.04. The van der Waals surface area contributed by atoms with Crippen molar-refractivity contribution in [2.24, 2.45) is 0 Å². The van der Waals surface area contributed by atoms with Gasteiger partial charge in [-0.1, -0.05) is 57.8 Å². The number of halogens is 2. The molecule has 0 bridgehead atoms. The van der Waals surface area contributed by atoms with Gasteiger partial charge < -0.3 is 10.1 Å². The first kappa shape index (κ1) is 15.5. The molecule has 2 nitrogen and oxygen atoms in total. The van der Waals surface area contributed by atoms with E-state index in [1.165, 1.54) is 5.56 Å². The van der Waals surface area contributed by atoms with Crippen molar-refractivity contribution in [3.05, 3.63) is 57.0 Å². The van der Waals surface area contributed by atoms with E-state index in [9.17, 15) is 0 Å². The summed E-state index contributed by atoms with van der Waals surface area (Å²) in [7, 11) is 0. The summed E-state index contributed by atoms with van der Waals surface area (Å²) >= 11 is 7.03. The molecular weight excluding hydrogens is 382 g/mol. The molecule has 0 fully saturated rings. The van der Waals surface area contributed by atoms with E-state index in [-0.39, 0.29) is 0 Å². The normalized spacial score (nSPS) is 10.8. The first-order valence-corrected chi connectivity index (χ1v) is 8.08. The summed E-state index contributed by atoms with van der Waals surface area (Å²) in [6, 6.07) is 14.3. The minimum Gasteiger partial charge on any atom is -0.457 e. The minimum absolute atomic E-state index is 0.472. The molecule has 2 aromatic rings. The third-order valence-corrected chi connectivity index (χ3v) is 3.99. The third kappa shape index (κ3) is 4.62. The zero-order valence-electron chi connectivity index (χ0n) is 11.5. The lowest BCUT2D eigenvalue weighted by atomic mass is 10.2. The van der Waals surface area contributed by atoms with Crippen LogP contribution in [-0.2, 0) is 6.54 Å². The molecule has 1 N–H and O–H groups in total. The molecular formula is C16H17Br2NO. The summed E-state index contributed by atoms with van der Waals surface area (Å²) in [6.07, 6.45) is 0. The number of hydrogen-bond donors (Lipinski definition) is 1. The summed E-state index contributed by atoms with van der Waals surface area (Å²) < 4.78 is 7.90. The number of benzene rings is 2. The van der Waals surface area contributed by atoms with Crippen molar-refractivity contribution in [1.29, 1.82) is 0 Å². The van der Waals surface area contributed by atoms with Gasteiger partial charge in [-0.05, 0) is 35.9 Å². The Balaban J connectivity index is 2.09. The highest BCUT2D eigenvalue weighted by atomic mass is 79.9. The van der Waals surface area contributed by atoms with Crippen molar-refractivity contribution in [3.63, 3.8) is 0 Å². The van der Waals surface area contributed by atoms with Gasteiger partial charge in [-0.25, -0.2) is 0 Å². The quantitative estimate of drug-likeness (QED) is 0.717. The van der Waals surface area contributed by atoms with Crippen LogP contribution in [0.3, 0.4) is 0 Å². The van der Waals surface area contributed by atoms with Gasteiger partial charge in [0.25, 0.3) is 0 Å². The Kier molecular flexibility index (Phi) is 5.64. The van der Waals surface area contributed by atoms with E-state index in [0.29, 0.717) is 6.04 Å². The second-order valence-corrected chi connectivity index (χ2v) is 6.62. The number of ether oxygens (including phenoxy) is 1. The zero-order valence-corrected chi connectivity index (χ0v) is 14.7. The second-order valence-electron chi connectivity index (χ2n) is 4.85. The van der Waals surface area contributed by atoms with Gasteiger partial charge in [-0.15, -0.1) is 0 Å². The van der Waals surface area contributed by atoms with Crippen molar-refractivity contribution in [2.45, 2.75) is 26.4 Å². The van der Waals surface area contributed by atoms with E-state index in [2.05, 4.69) is 57.1 Å². The highest BCUT2D eigenvalue weighted by Crippen LogP contribution is 2.28. The molecule has 2 aromatic carbocycles. The van der Waals surface area contributed by atoms with E-state index in [1.54, 1.807) is 0 Å². The Labute approximate surface area is 136 Å². The number of rotatable bonds is 5. The maximum absolute atomic E-state index is 5.84. The lowest BCUT2D eigenvalue weighted by molar-refractivity contribution is 0.481. The van der Waals surface area contributed by atoms with Gasteiger partial charge in [0, 0.05) is 21.5 Å². The summed E-state index contributed by atoms with van der Waals surface area (Å²) in [5, 5.41) is 3.40. The van der Waals surface area contributed by atoms with Gasteiger partial charge in [-0.3, -0.25) is 0 Å². The second kappa shape index (κ2) is 7.25. The monoisotopic (exact) mass is 397 g/mol. The van der Waals surface area contributed by atoms with E-state index in [4.69, 9.17) is 4.74 Å². The smallest absolute Gasteiger partial charge is 0.128 e. The molecule has 0 unspecified atom stereocenters. The summed E-state index contributed by atoms with van der Waals surface area (Å²) in [4.78, 5) is 0. The Hall–Kier alpha value is -0.840. The molecule has 0 saturated heterocycles. The van der Waals surface area contributed by atoms with Crippen molar-refractivity contribution >= 4 is 31.9 Å². The average molecular weight is 399 g/mol. The fraction of sp³-hybridized carbons (Fsp3) is 0.250. The first-order valence-electron chi connectivity index (χ1n) is 6.50. The van der Waals surface area contributed by atoms with Crippen LogP contribution in [0, 0.1) is 0 Å². The summed E-state index contributed by atoms with van der Waals surface area (Å²) in [6.45, 7) is 5.12. The molecule has 0 aliphatic carbocycles. The standard InChI is InChI=1S/C16H17Br2NO/c1-11(2)19-10-12-6-7-15(9-16(12)18)20-14-5-3-4-13(17)8-14/h3-9,11,19H,10H2,1-2H3. The predicted octanol–water partition coefficient (Wildman–Crippen LogP) is 5.50. The molecule has 20 heavy (non-hydrogen) atoms. The van der Waals surface area contributed by atoms with Crippen molar-refractivity contribution in [3.8, 4) is 11.5 Å². The van der Waals surface area contributed by atoms with Crippen LogP contribution >= 0.6 is 31.9 Å². The van der Waals surface area contributed by atoms with Gasteiger partial charge in [0.05, 0.1) is 0 Å². The average Bonchev–Trinajstić information content (AvgIpc) is 2.37. The van der Waals surface area contributed by atoms with Crippen LogP contribution < -0.4 is 10.1 Å². The molecule has 0 spiro atoms. The van der Waals surface area contributed by atoms with Crippen molar-refractivity contribution < 1.29 is 4.74 Å². The van der Waals surface area contributed by atoms with Crippen LogP contribution in [0.15, 0.2) is 51.4 Å². The van der Waals surface area contributed by atoms with Crippen LogP contribution in [0.25, 0.3) is 0 Å². The lowest BCUT2D eigenvalue weighted by Crippen LogP contribution is -2.21. The maximum Gasteiger partial charge on any atom is 0.128 e. The molecule has 0 atom stereocenters. The van der Waals surface area contributed by atoms with Crippen LogP contribution in [0.4, 0.5) is 0 Å². The number of hydrogen-bond acceptors (Lipinski definition) is 2. The maximum atomic E-state index is 5.84. The van der Waals surface area contributed by atoms with E-state index >= 15 is 0 Å². The molecule has 0 saturated carbocycles. The topological polar surface area (TPSA) is 21.3 Å². The highest BCUT2D eigenvalue weighted by molar-refractivity contribution is 9.10. The number of nitrogens with one attached hydrogen (secondary N) is 1. The molecule has 0 aliphatic rings. The van der Waals surface area contributed by atoms with Gasteiger partial charge in [-0.2, -0.15) is 0 Å². The zero-order chi connectivity index (χ0) is 14.5. The molecule has 0 heterocycles. The molecule has 2 rings (SSSR count). The molecule has 106 valence electrons. The van der Waals surface area contributed by atoms with Crippen molar-refractivity contribution in [2.75, 3.05) is 0 Å². The summed E-state index contributed by atoms with van der Waals surface area (Å²) in [5.74, 6) is 1.64. The molecule has 4 heteroatoms. The molecule has 0 amide bonds. The van der Waals surface area contributed by atoms with Crippen molar-refractivity contribution in [1.82, 2.24) is 5.32 Å². The molecule has 0 aromatic heterocycles. The van der Waals surface area contributed by atoms with E-state index < -0.39 is 0 Å². The van der Waals surface area contributed by atoms with Gasteiger partial charge in [0.1, 0.15) is 11.5 Å². The van der Waals surface area contributed by atoms with Gasteiger partial charge in [0.15, 0.2) is 0 Å². The van der Waals surface area contributed by atoms with E-state index in [1.807, 2.05) is 36.4 Å².